The van der Waals surface area contributed by atoms with Gasteiger partial charge in [0.25, 0.3) is 5.91 Å². The number of nitrogens with one attached hydrogen (secondary N) is 1. The molecule has 0 saturated carbocycles. The summed E-state index contributed by atoms with van der Waals surface area (Å²) < 4.78 is 2.79. The number of hydrogen-bond donors (Lipinski definition) is 1. The summed E-state index contributed by atoms with van der Waals surface area (Å²) in [6, 6.07) is 3.86. The van der Waals surface area contributed by atoms with E-state index in [0.29, 0.717) is 12.2 Å². The Kier molecular flexibility index (Phi) is 1.82. The number of fused-ring (bicyclic) bond motifs is 3. The normalized spacial score (nSPS) is 15.1. The summed E-state index contributed by atoms with van der Waals surface area (Å²) in [7, 11) is 0. The quantitative estimate of drug-likeness (QED) is 0.786. The van der Waals surface area contributed by atoms with Gasteiger partial charge in [-0.15, -0.1) is 0 Å². The zero-order valence-corrected chi connectivity index (χ0v) is 9.41. The molecule has 4 nitrogen and oxygen atoms in total. The molecular formula is C10H8BrN3O. The summed E-state index contributed by atoms with van der Waals surface area (Å²) in [6.07, 6.45) is 1.73. The van der Waals surface area contributed by atoms with Gasteiger partial charge < -0.3 is 9.88 Å². The number of pyridine rings is 1. The van der Waals surface area contributed by atoms with E-state index in [4.69, 9.17) is 0 Å². The van der Waals surface area contributed by atoms with Crippen LogP contribution in [0.25, 0.3) is 11.0 Å². The van der Waals surface area contributed by atoms with Gasteiger partial charge in [-0.05, 0) is 28.1 Å². The molecule has 2 aromatic heterocycles. The topological polar surface area (TPSA) is 46.9 Å². The molecule has 3 rings (SSSR count). The van der Waals surface area contributed by atoms with Crippen LogP contribution in [0.3, 0.4) is 0 Å². The molecule has 15 heavy (non-hydrogen) atoms. The lowest BCUT2D eigenvalue weighted by molar-refractivity contribution is 0.0928. The standard InChI is InChI=1S/C10H8BrN3O/c11-7-8-6(2-1-3-12-8)14-5-4-13-10(15)9(7)14/h1-3H,4-5H2,(H,13,15). The van der Waals surface area contributed by atoms with Gasteiger partial charge in [0.2, 0.25) is 0 Å². The minimum absolute atomic E-state index is 0.0360. The second-order valence-corrected chi connectivity index (χ2v) is 4.23. The van der Waals surface area contributed by atoms with Gasteiger partial charge in [-0.25, -0.2) is 0 Å². The third-order valence-electron chi connectivity index (χ3n) is 2.60. The summed E-state index contributed by atoms with van der Waals surface area (Å²) in [4.78, 5) is 16.0. The van der Waals surface area contributed by atoms with E-state index in [1.165, 1.54) is 0 Å². The molecule has 0 aliphatic carbocycles. The maximum absolute atomic E-state index is 11.7. The Labute approximate surface area is 94.4 Å². The van der Waals surface area contributed by atoms with Crippen LogP contribution < -0.4 is 5.32 Å². The molecule has 76 valence electrons. The Bertz CT molecular complexity index is 561. The van der Waals surface area contributed by atoms with E-state index >= 15 is 0 Å². The van der Waals surface area contributed by atoms with E-state index in [1.54, 1.807) is 6.20 Å². The Hall–Kier alpha value is -1.36. The van der Waals surface area contributed by atoms with E-state index in [0.717, 1.165) is 22.1 Å². The number of carbonyl (C=O) groups is 1. The molecule has 1 N–H and O–H groups in total. The summed E-state index contributed by atoms with van der Waals surface area (Å²) in [6.45, 7) is 1.48. The second kappa shape index (κ2) is 3.06. The molecule has 2 aromatic rings. The van der Waals surface area contributed by atoms with Crippen molar-refractivity contribution in [1.29, 1.82) is 0 Å². The van der Waals surface area contributed by atoms with Crippen LogP contribution >= 0.6 is 15.9 Å². The molecule has 3 heterocycles. The van der Waals surface area contributed by atoms with E-state index in [9.17, 15) is 4.79 Å². The van der Waals surface area contributed by atoms with Crippen LogP contribution in [0.5, 0.6) is 0 Å². The highest BCUT2D eigenvalue weighted by atomic mass is 79.9. The SMILES string of the molecule is O=C1NCCn2c1c(Br)c1ncccc12. The highest BCUT2D eigenvalue weighted by molar-refractivity contribution is 9.10. The Balaban J connectivity index is 2.45. The van der Waals surface area contributed by atoms with Gasteiger partial charge in [0, 0.05) is 19.3 Å². The van der Waals surface area contributed by atoms with Gasteiger partial charge in [-0.3, -0.25) is 9.78 Å². The van der Waals surface area contributed by atoms with E-state index < -0.39 is 0 Å². The molecule has 5 heteroatoms. The number of rotatable bonds is 0. The van der Waals surface area contributed by atoms with Gasteiger partial charge in [0.1, 0.15) is 11.2 Å². The van der Waals surface area contributed by atoms with Crippen molar-refractivity contribution < 1.29 is 4.79 Å². The number of aromatic nitrogens is 2. The zero-order valence-electron chi connectivity index (χ0n) is 7.83. The predicted molar refractivity (Wildman–Crippen MR) is 59.8 cm³/mol. The lowest BCUT2D eigenvalue weighted by atomic mass is 10.3. The van der Waals surface area contributed by atoms with Crippen molar-refractivity contribution in [1.82, 2.24) is 14.9 Å². The van der Waals surface area contributed by atoms with Crippen LogP contribution in [-0.4, -0.2) is 22.0 Å². The number of amides is 1. The molecule has 0 spiro atoms. The summed E-state index contributed by atoms with van der Waals surface area (Å²) in [5.74, 6) is -0.0360. The molecule has 0 saturated heterocycles. The molecule has 0 aromatic carbocycles. The van der Waals surface area contributed by atoms with Gasteiger partial charge in [0.15, 0.2) is 0 Å². The Morgan fingerprint density at radius 1 is 1.53 bits per heavy atom. The van der Waals surface area contributed by atoms with Gasteiger partial charge in [-0.2, -0.15) is 0 Å². The summed E-state index contributed by atoms with van der Waals surface area (Å²) >= 11 is 3.43. The summed E-state index contributed by atoms with van der Waals surface area (Å²) in [5, 5.41) is 2.82. The number of nitrogens with zero attached hydrogens (tertiary/aromatic N) is 2. The van der Waals surface area contributed by atoms with Crippen molar-refractivity contribution >= 4 is 32.9 Å². The van der Waals surface area contributed by atoms with Crippen LogP contribution in [0.2, 0.25) is 0 Å². The lowest BCUT2D eigenvalue weighted by Crippen LogP contribution is -2.35. The van der Waals surface area contributed by atoms with Gasteiger partial charge >= 0.3 is 0 Å². The van der Waals surface area contributed by atoms with Crippen molar-refractivity contribution in [2.75, 3.05) is 6.54 Å². The van der Waals surface area contributed by atoms with Crippen molar-refractivity contribution in [3.63, 3.8) is 0 Å². The first-order valence-corrected chi connectivity index (χ1v) is 5.49. The third-order valence-corrected chi connectivity index (χ3v) is 3.35. The second-order valence-electron chi connectivity index (χ2n) is 3.44. The van der Waals surface area contributed by atoms with E-state index in [-0.39, 0.29) is 5.91 Å². The number of halogens is 1. The molecule has 0 bridgehead atoms. The highest BCUT2D eigenvalue weighted by Gasteiger charge is 2.24. The fraction of sp³-hybridized carbons (Fsp3) is 0.200. The van der Waals surface area contributed by atoms with Crippen molar-refractivity contribution in [3.8, 4) is 0 Å². The fourth-order valence-corrected chi connectivity index (χ4v) is 2.65. The molecule has 1 aliphatic heterocycles. The van der Waals surface area contributed by atoms with Crippen LogP contribution in [0.4, 0.5) is 0 Å². The monoisotopic (exact) mass is 265 g/mol. The fourth-order valence-electron chi connectivity index (χ4n) is 1.95. The molecule has 1 aliphatic rings. The molecule has 0 unspecified atom stereocenters. The molecule has 0 fully saturated rings. The molecule has 0 atom stereocenters. The van der Waals surface area contributed by atoms with Crippen LogP contribution in [-0.2, 0) is 6.54 Å². The van der Waals surface area contributed by atoms with Gasteiger partial charge in [0.05, 0.1) is 9.99 Å². The first-order valence-electron chi connectivity index (χ1n) is 4.70. The van der Waals surface area contributed by atoms with E-state index in [2.05, 4.69) is 26.2 Å². The van der Waals surface area contributed by atoms with Crippen molar-refractivity contribution in [2.45, 2.75) is 6.54 Å². The maximum atomic E-state index is 11.7. The van der Waals surface area contributed by atoms with Crippen molar-refractivity contribution in [3.05, 3.63) is 28.5 Å². The average molecular weight is 266 g/mol. The molecular weight excluding hydrogens is 258 g/mol. The van der Waals surface area contributed by atoms with Gasteiger partial charge in [-0.1, -0.05) is 0 Å². The summed E-state index contributed by atoms with van der Waals surface area (Å²) in [5.41, 5.74) is 2.54. The van der Waals surface area contributed by atoms with Crippen molar-refractivity contribution in [2.24, 2.45) is 0 Å². The highest BCUT2D eigenvalue weighted by Crippen LogP contribution is 2.30. The molecule has 0 radical (unpaired) electrons. The Morgan fingerprint density at radius 2 is 2.40 bits per heavy atom. The first-order chi connectivity index (χ1) is 7.29. The largest absolute Gasteiger partial charge is 0.349 e. The van der Waals surface area contributed by atoms with Crippen LogP contribution in [0.15, 0.2) is 22.8 Å². The lowest BCUT2D eigenvalue weighted by Gasteiger charge is -2.16. The third kappa shape index (κ3) is 1.13. The minimum atomic E-state index is -0.0360. The Morgan fingerprint density at radius 3 is 3.27 bits per heavy atom. The predicted octanol–water partition coefficient (Wildman–Crippen LogP) is 1.54. The number of carbonyl (C=O) groups excluding carboxylic acids is 1. The average Bonchev–Trinajstić information content (AvgIpc) is 2.55. The molecule has 1 amide bonds. The smallest absolute Gasteiger partial charge is 0.269 e. The van der Waals surface area contributed by atoms with Crippen LogP contribution in [0, 0.1) is 0 Å². The zero-order chi connectivity index (χ0) is 10.4. The minimum Gasteiger partial charge on any atom is -0.349 e. The van der Waals surface area contributed by atoms with E-state index in [1.807, 2.05) is 16.7 Å². The first kappa shape index (κ1) is 8.91. The van der Waals surface area contributed by atoms with Crippen LogP contribution in [0.1, 0.15) is 10.5 Å². The number of hydrogen-bond acceptors (Lipinski definition) is 2. The maximum Gasteiger partial charge on any atom is 0.269 e.